The van der Waals surface area contributed by atoms with Crippen LogP contribution in [-0.4, -0.2) is 39.8 Å². The van der Waals surface area contributed by atoms with Crippen molar-refractivity contribution in [3.63, 3.8) is 0 Å². The molecule has 4 aromatic rings. The van der Waals surface area contributed by atoms with E-state index in [1.54, 1.807) is 17.0 Å². The summed E-state index contributed by atoms with van der Waals surface area (Å²) in [7, 11) is 0. The molecule has 0 aliphatic carbocycles. The summed E-state index contributed by atoms with van der Waals surface area (Å²) >= 11 is 6.02. The molecule has 0 saturated carbocycles. The summed E-state index contributed by atoms with van der Waals surface area (Å²) < 4.78 is 7.91. The highest BCUT2D eigenvalue weighted by Gasteiger charge is 2.35. The van der Waals surface area contributed by atoms with Crippen LogP contribution in [0.15, 0.2) is 66.7 Å². The van der Waals surface area contributed by atoms with Gasteiger partial charge in [0.1, 0.15) is 24.3 Å². The maximum Gasteiger partial charge on any atom is 0.227 e. The van der Waals surface area contributed by atoms with Crippen molar-refractivity contribution in [3.8, 4) is 5.75 Å². The second-order valence-electron chi connectivity index (χ2n) is 9.16. The number of carbonyl (C=O) groups is 1. The minimum atomic E-state index is -0.738. The molecule has 1 N–H and O–H groups in total. The van der Waals surface area contributed by atoms with Crippen LogP contribution in [0.2, 0.25) is 5.02 Å². The van der Waals surface area contributed by atoms with Crippen LogP contribution in [0.4, 0.5) is 5.69 Å². The first-order chi connectivity index (χ1) is 16.9. The largest absolute Gasteiger partial charge is 0.491 e. The Bertz CT molecular complexity index is 1370. The predicted octanol–water partition coefficient (Wildman–Crippen LogP) is 5.27. The Hall–Kier alpha value is -3.35. The smallest absolute Gasteiger partial charge is 0.227 e. The fourth-order valence-corrected chi connectivity index (χ4v) is 4.73. The molecule has 0 bridgehead atoms. The summed E-state index contributed by atoms with van der Waals surface area (Å²) in [6.45, 7) is 5.11. The number of anilines is 1. The van der Waals surface area contributed by atoms with Crippen molar-refractivity contribution in [2.45, 2.75) is 38.8 Å². The van der Waals surface area contributed by atoms with Gasteiger partial charge in [-0.15, -0.1) is 0 Å². The lowest BCUT2D eigenvalue weighted by molar-refractivity contribution is -0.117. The van der Waals surface area contributed by atoms with Crippen LogP contribution >= 0.6 is 11.6 Å². The van der Waals surface area contributed by atoms with E-state index in [0.29, 0.717) is 24.5 Å². The Morgan fingerprint density at radius 1 is 1.09 bits per heavy atom. The number of amides is 1. The van der Waals surface area contributed by atoms with Crippen LogP contribution in [0.25, 0.3) is 11.0 Å². The summed E-state index contributed by atoms with van der Waals surface area (Å²) in [6, 6.07) is 21.1. The van der Waals surface area contributed by atoms with Gasteiger partial charge in [-0.1, -0.05) is 29.8 Å². The molecular weight excluding hydrogens is 462 g/mol. The Balaban J connectivity index is 1.37. The quantitative estimate of drug-likeness (QED) is 0.384. The first-order valence-electron chi connectivity index (χ1n) is 11.8. The molecule has 5 rings (SSSR count). The minimum absolute atomic E-state index is 0.0505. The molecular formula is C28H28ClN3O3. The third-order valence-electron chi connectivity index (χ3n) is 6.63. The number of aryl methyl sites for hydroxylation is 2. The molecule has 1 aromatic heterocycles. The summed E-state index contributed by atoms with van der Waals surface area (Å²) in [6.07, 6.45) is -0.376. The van der Waals surface area contributed by atoms with E-state index in [1.807, 2.05) is 66.1 Å². The zero-order valence-corrected chi connectivity index (χ0v) is 20.6. The molecule has 1 aliphatic heterocycles. The first-order valence-corrected chi connectivity index (χ1v) is 12.2. The Morgan fingerprint density at radius 2 is 1.86 bits per heavy atom. The number of aromatic nitrogens is 2. The predicted molar refractivity (Wildman–Crippen MR) is 138 cm³/mol. The number of fused-ring (bicyclic) bond motifs is 1. The molecule has 0 radical (unpaired) electrons. The van der Waals surface area contributed by atoms with Crippen molar-refractivity contribution >= 4 is 34.2 Å². The highest BCUT2D eigenvalue weighted by Crippen LogP contribution is 2.33. The van der Waals surface area contributed by atoms with Crippen LogP contribution in [0.1, 0.15) is 29.3 Å². The number of hydrogen-bond acceptors (Lipinski definition) is 4. The van der Waals surface area contributed by atoms with Crippen LogP contribution in [-0.2, 0) is 11.3 Å². The Kier molecular flexibility index (Phi) is 6.50. The van der Waals surface area contributed by atoms with Gasteiger partial charge in [0.05, 0.1) is 17.6 Å². The number of imidazole rings is 1. The summed E-state index contributed by atoms with van der Waals surface area (Å²) in [4.78, 5) is 19.5. The van der Waals surface area contributed by atoms with E-state index in [0.717, 1.165) is 33.9 Å². The number of aliphatic hydroxyl groups is 1. The van der Waals surface area contributed by atoms with Gasteiger partial charge in [-0.2, -0.15) is 0 Å². The zero-order chi connectivity index (χ0) is 24.5. The van der Waals surface area contributed by atoms with Crippen molar-refractivity contribution in [3.05, 3.63) is 88.7 Å². The number of benzene rings is 3. The number of ether oxygens (including phenoxy) is 1. The van der Waals surface area contributed by atoms with Crippen LogP contribution in [0, 0.1) is 13.8 Å². The van der Waals surface area contributed by atoms with Gasteiger partial charge in [-0.05, 0) is 73.5 Å². The number of nitrogens with zero attached hydrogens (tertiary/aromatic N) is 3. The van der Waals surface area contributed by atoms with Crippen LogP contribution in [0.5, 0.6) is 5.75 Å². The summed E-state index contributed by atoms with van der Waals surface area (Å²) in [5, 5.41) is 11.5. The molecule has 2 atom stereocenters. The summed E-state index contributed by atoms with van der Waals surface area (Å²) in [5.41, 5.74) is 4.96. The number of hydrogen-bond donors (Lipinski definition) is 1. The van der Waals surface area contributed by atoms with E-state index in [2.05, 4.69) is 6.92 Å². The molecule has 1 amide bonds. The van der Waals surface area contributed by atoms with E-state index in [-0.39, 0.29) is 18.4 Å². The van der Waals surface area contributed by atoms with E-state index >= 15 is 0 Å². The number of aliphatic hydroxyl groups excluding tert-OH is 1. The molecule has 1 fully saturated rings. The van der Waals surface area contributed by atoms with Crippen molar-refractivity contribution in [2.75, 3.05) is 18.1 Å². The topological polar surface area (TPSA) is 67.6 Å². The van der Waals surface area contributed by atoms with E-state index in [4.69, 9.17) is 21.3 Å². The maximum absolute atomic E-state index is 12.9. The van der Waals surface area contributed by atoms with Crippen molar-refractivity contribution in [2.24, 2.45) is 0 Å². The molecule has 180 valence electrons. The van der Waals surface area contributed by atoms with Crippen LogP contribution < -0.4 is 9.64 Å². The van der Waals surface area contributed by atoms with Crippen molar-refractivity contribution in [1.82, 2.24) is 9.55 Å². The first kappa shape index (κ1) is 23.4. The van der Waals surface area contributed by atoms with Gasteiger partial charge in [-0.25, -0.2) is 4.98 Å². The Morgan fingerprint density at radius 3 is 2.63 bits per heavy atom. The second-order valence-corrected chi connectivity index (χ2v) is 9.60. The molecule has 1 aliphatic rings. The molecule has 35 heavy (non-hydrogen) atoms. The third-order valence-corrected chi connectivity index (χ3v) is 6.88. The standard InChI is InChI=1S/C28H28ClN3O3/c1-18-7-12-24(13-19(18)2)35-17-23(33)16-32-26-6-4-3-5-25(26)30-28(32)20-14-27(34)31(15-20)22-10-8-21(29)9-11-22/h3-13,20,23,33H,14-17H2,1-2H3/t20-,23+/m0/s1. The van der Waals surface area contributed by atoms with E-state index in [9.17, 15) is 9.90 Å². The molecule has 0 spiro atoms. The van der Waals surface area contributed by atoms with Gasteiger partial charge in [0.15, 0.2) is 0 Å². The average molecular weight is 490 g/mol. The highest BCUT2D eigenvalue weighted by atomic mass is 35.5. The molecule has 0 unspecified atom stereocenters. The van der Waals surface area contributed by atoms with Gasteiger partial charge in [0.2, 0.25) is 5.91 Å². The average Bonchev–Trinajstić information content (AvgIpc) is 3.41. The molecule has 7 heteroatoms. The zero-order valence-electron chi connectivity index (χ0n) is 19.8. The van der Waals surface area contributed by atoms with Crippen molar-refractivity contribution < 1.29 is 14.6 Å². The van der Waals surface area contributed by atoms with Gasteiger partial charge in [0, 0.05) is 29.6 Å². The van der Waals surface area contributed by atoms with Crippen molar-refractivity contribution in [1.29, 1.82) is 0 Å². The van der Waals surface area contributed by atoms with Crippen LogP contribution in [0.3, 0.4) is 0 Å². The SMILES string of the molecule is Cc1ccc(OC[C@H](O)Cn2c([C@H]3CC(=O)N(c4ccc(Cl)cc4)C3)nc3ccccc32)cc1C. The lowest BCUT2D eigenvalue weighted by atomic mass is 10.1. The summed E-state index contributed by atoms with van der Waals surface area (Å²) in [5.74, 6) is 1.51. The fraction of sp³-hybridized carbons (Fsp3) is 0.286. The number of rotatable bonds is 7. The van der Waals surface area contributed by atoms with Gasteiger partial charge < -0.3 is 19.3 Å². The maximum atomic E-state index is 12.9. The van der Waals surface area contributed by atoms with Gasteiger partial charge >= 0.3 is 0 Å². The molecule has 1 saturated heterocycles. The molecule has 3 aromatic carbocycles. The second kappa shape index (κ2) is 9.72. The number of halogens is 1. The van der Waals surface area contributed by atoms with E-state index < -0.39 is 6.10 Å². The lowest BCUT2D eigenvalue weighted by Crippen LogP contribution is -2.26. The highest BCUT2D eigenvalue weighted by molar-refractivity contribution is 6.30. The van der Waals surface area contributed by atoms with Gasteiger partial charge in [0.25, 0.3) is 0 Å². The Labute approximate surface area is 209 Å². The van der Waals surface area contributed by atoms with E-state index in [1.165, 1.54) is 5.56 Å². The lowest BCUT2D eigenvalue weighted by Gasteiger charge is -2.19. The normalized spacial score (nSPS) is 16.7. The molecule has 2 heterocycles. The number of carbonyl (C=O) groups excluding carboxylic acids is 1. The third kappa shape index (κ3) is 4.90. The fourth-order valence-electron chi connectivity index (χ4n) is 4.61. The minimum Gasteiger partial charge on any atom is -0.491 e. The number of para-hydroxylation sites is 2. The molecule has 6 nitrogen and oxygen atoms in total. The monoisotopic (exact) mass is 489 g/mol. The van der Waals surface area contributed by atoms with Gasteiger partial charge in [-0.3, -0.25) is 4.79 Å².